The topological polar surface area (TPSA) is 93.0 Å². The van der Waals surface area contributed by atoms with Gasteiger partial charge in [-0.05, 0) is 37.1 Å². The summed E-state index contributed by atoms with van der Waals surface area (Å²) in [5, 5.41) is 0.832. The normalized spacial score (nSPS) is 13.6. The molecule has 108 valence electrons. The van der Waals surface area contributed by atoms with Gasteiger partial charge < -0.3 is 10.7 Å². The first-order valence-corrected chi connectivity index (χ1v) is 8.20. The number of hydrogen-bond acceptors (Lipinski definition) is 3. The zero-order valence-electron chi connectivity index (χ0n) is 11.7. The van der Waals surface area contributed by atoms with E-state index >= 15 is 0 Å². The molecule has 1 aromatic carbocycles. The van der Waals surface area contributed by atoms with Crippen molar-refractivity contribution in [1.82, 2.24) is 4.98 Å². The highest BCUT2D eigenvalue weighted by molar-refractivity contribution is 7.90. The van der Waals surface area contributed by atoms with E-state index in [2.05, 4.69) is 4.98 Å². The lowest BCUT2D eigenvalue weighted by Gasteiger charge is -2.07. The van der Waals surface area contributed by atoms with Gasteiger partial charge in [0.2, 0.25) is 5.91 Å². The van der Waals surface area contributed by atoms with E-state index in [1.54, 1.807) is 25.1 Å². The largest absolute Gasteiger partial charge is 0.369 e. The second-order valence-corrected chi connectivity index (χ2v) is 7.23. The van der Waals surface area contributed by atoms with Gasteiger partial charge >= 0.3 is 0 Å². The van der Waals surface area contributed by atoms with Gasteiger partial charge in [-0.15, -0.1) is 0 Å². The number of amides is 1. The molecule has 0 aliphatic rings. The maximum absolute atomic E-state index is 11.6. The minimum absolute atomic E-state index is 0.275. The summed E-state index contributed by atoms with van der Waals surface area (Å²) in [5.74, 6) is -0.660. The molecule has 5 nitrogen and oxygen atoms in total. The van der Waals surface area contributed by atoms with Crippen LogP contribution in [0.15, 0.2) is 23.1 Å². The van der Waals surface area contributed by atoms with E-state index in [0.717, 1.165) is 22.2 Å². The summed E-state index contributed by atoms with van der Waals surface area (Å²) in [5.41, 5.74) is 8.03. The smallest absolute Gasteiger partial charge is 0.220 e. The number of nitrogens with two attached hydrogens (primary N) is 1. The van der Waals surface area contributed by atoms with Crippen LogP contribution in [-0.4, -0.2) is 25.6 Å². The maximum Gasteiger partial charge on any atom is 0.220 e. The highest BCUT2D eigenvalue weighted by atomic mass is 32.2. The van der Waals surface area contributed by atoms with Crippen LogP contribution in [0.4, 0.5) is 0 Å². The van der Waals surface area contributed by atoms with Crippen molar-refractivity contribution in [1.29, 1.82) is 0 Å². The van der Waals surface area contributed by atoms with E-state index in [1.165, 1.54) is 6.26 Å². The molecular formula is C14H18N2O3S. The number of primary amides is 1. The number of benzene rings is 1. The van der Waals surface area contributed by atoms with Gasteiger partial charge in [0, 0.05) is 28.8 Å². The number of rotatable bonds is 4. The van der Waals surface area contributed by atoms with E-state index in [0.29, 0.717) is 6.42 Å². The predicted octanol–water partition coefficient (Wildman–Crippen LogP) is 1.54. The number of fused-ring (bicyclic) bond motifs is 1. The third-order valence-electron chi connectivity index (χ3n) is 3.52. The number of carbonyl (C=O) groups is 1. The quantitative estimate of drug-likeness (QED) is 0.895. The molecule has 0 radical (unpaired) electrons. The number of H-pyrrole nitrogens is 1. The van der Waals surface area contributed by atoms with Crippen molar-refractivity contribution in [2.45, 2.75) is 25.2 Å². The molecule has 1 heterocycles. The van der Waals surface area contributed by atoms with E-state index < -0.39 is 9.84 Å². The molecule has 2 rings (SSSR count). The van der Waals surface area contributed by atoms with Crippen LogP contribution in [0.3, 0.4) is 0 Å². The lowest BCUT2D eigenvalue weighted by molar-refractivity contribution is -0.121. The average Bonchev–Trinajstić information content (AvgIpc) is 2.64. The molecule has 1 atom stereocenters. The summed E-state index contributed by atoms with van der Waals surface area (Å²) in [4.78, 5) is 14.7. The monoisotopic (exact) mass is 294 g/mol. The molecule has 0 aliphatic carbocycles. The Morgan fingerprint density at radius 3 is 2.60 bits per heavy atom. The fraction of sp³-hybridized carbons (Fsp3) is 0.357. The number of hydrogen-bond donors (Lipinski definition) is 2. The van der Waals surface area contributed by atoms with Crippen molar-refractivity contribution >= 4 is 26.6 Å². The molecule has 0 spiro atoms. The summed E-state index contributed by atoms with van der Waals surface area (Å²) in [6.45, 7) is 3.67. The van der Waals surface area contributed by atoms with Gasteiger partial charge in [-0.2, -0.15) is 0 Å². The first kappa shape index (κ1) is 14.6. The Kier molecular flexibility index (Phi) is 3.60. The molecule has 0 fully saturated rings. The molecule has 1 amide bonds. The Bertz CT molecular complexity index is 775. The van der Waals surface area contributed by atoms with Crippen LogP contribution in [0.25, 0.3) is 10.9 Å². The number of sulfone groups is 1. The van der Waals surface area contributed by atoms with Crippen molar-refractivity contribution in [3.05, 3.63) is 29.5 Å². The summed E-state index contributed by atoms with van der Waals surface area (Å²) in [6, 6.07) is 4.98. The Morgan fingerprint density at radius 1 is 1.40 bits per heavy atom. The molecule has 6 heteroatoms. The van der Waals surface area contributed by atoms with Crippen LogP contribution in [0, 0.1) is 12.8 Å². The fourth-order valence-electron chi connectivity index (χ4n) is 2.26. The second kappa shape index (κ2) is 4.94. The Labute approximate surface area is 118 Å². The number of aromatic nitrogens is 1. The molecule has 0 aliphatic heterocycles. The molecule has 0 saturated carbocycles. The average molecular weight is 294 g/mol. The van der Waals surface area contributed by atoms with Gasteiger partial charge in [-0.3, -0.25) is 4.79 Å². The molecule has 3 N–H and O–H groups in total. The van der Waals surface area contributed by atoms with Gasteiger partial charge in [0.25, 0.3) is 0 Å². The van der Waals surface area contributed by atoms with E-state index in [1.807, 2.05) is 6.92 Å². The molecule has 0 saturated heterocycles. The van der Waals surface area contributed by atoms with Gasteiger partial charge in [0.05, 0.1) is 4.90 Å². The molecule has 2 aromatic rings. The third kappa shape index (κ3) is 2.70. The van der Waals surface area contributed by atoms with Crippen molar-refractivity contribution in [3.63, 3.8) is 0 Å². The van der Waals surface area contributed by atoms with Crippen molar-refractivity contribution < 1.29 is 13.2 Å². The van der Waals surface area contributed by atoms with Gasteiger partial charge in [0.15, 0.2) is 9.84 Å². The molecular weight excluding hydrogens is 276 g/mol. The number of aromatic amines is 1. The van der Waals surface area contributed by atoms with Crippen molar-refractivity contribution in [3.8, 4) is 0 Å². The zero-order valence-corrected chi connectivity index (χ0v) is 12.5. The molecule has 0 bridgehead atoms. The van der Waals surface area contributed by atoms with Crippen molar-refractivity contribution in [2.24, 2.45) is 11.7 Å². The van der Waals surface area contributed by atoms with E-state index in [4.69, 9.17) is 5.73 Å². The van der Waals surface area contributed by atoms with Gasteiger partial charge in [-0.25, -0.2) is 8.42 Å². The minimum Gasteiger partial charge on any atom is -0.369 e. The third-order valence-corrected chi connectivity index (χ3v) is 4.63. The summed E-state index contributed by atoms with van der Waals surface area (Å²) < 4.78 is 23.3. The first-order chi connectivity index (χ1) is 9.20. The Balaban J connectivity index is 2.59. The van der Waals surface area contributed by atoms with Crippen LogP contribution in [0.2, 0.25) is 0 Å². The second-order valence-electron chi connectivity index (χ2n) is 5.22. The zero-order chi connectivity index (χ0) is 15.1. The minimum atomic E-state index is -3.25. The maximum atomic E-state index is 11.6. The van der Waals surface area contributed by atoms with Crippen LogP contribution < -0.4 is 5.73 Å². The lowest BCUT2D eigenvalue weighted by atomic mass is 9.98. The van der Waals surface area contributed by atoms with Crippen LogP contribution in [0.1, 0.15) is 18.2 Å². The number of carbonyl (C=O) groups excluding carboxylic acids is 1. The Hall–Kier alpha value is -1.82. The predicted molar refractivity (Wildman–Crippen MR) is 78.2 cm³/mol. The Morgan fingerprint density at radius 2 is 2.05 bits per heavy atom. The van der Waals surface area contributed by atoms with Gasteiger partial charge in [0.1, 0.15) is 0 Å². The molecule has 1 aromatic heterocycles. The number of aryl methyl sites for hydroxylation is 1. The summed E-state index contributed by atoms with van der Waals surface area (Å²) in [6.07, 6.45) is 1.67. The molecule has 1 unspecified atom stereocenters. The summed E-state index contributed by atoms with van der Waals surface area (Å²) >= 11 is 0. The highest BCUT2D eigenvalue weighted by Crippen LogP contribution is 2.27. The van der Waals surface area contributed by atoms with E-state index in [-0.39, 0.29) is 16.7 Å². The first-order valence-electron chi connectivity index (χ1n) is 6.30. The van der Waals surface area contributed by atoms with Crippen LogP contribution in [-0.2, 0) is 21.1 Å². The van der Waals surface area contributed by atoms with Crippen molar-refractivity contribution in [2.75, 3.05) is 6.26 Å². The lowest BCUT2D eigenvalue weighted by Crippen LogP contribution is -2.22. The standard InChI is InChI=1S/C14H18N2O3S/c1-8(14(15)17)6-11-9(2)16-13-5-4-10(7-12(11)13)20(3,18)19/h4-5,7-8,16H,6H2,1-3H3,(H2,15,17). The van der Waals surface area contributed by atoms with E-state index in [9.17, 15) is 13.2 Å². The van der Waals surface area contributed by atoms with Gasteiger partial charge in [-0.1, -0.05) is 6.92 Å². The SMILES string of the molecule is Cc1[nH]c2ccc(S(C)(=O)=O)cc2c1CC(C)C(N)=O. The van der Waals surface area contributed by atoms with Crippen LogP contribution in [0.5, 0.6) is 0 Å². The number of nitrogens with one attached hydrogen (secondary N) is 1. The summed E-state index contributed by atoms with van der Waals surface area (Å²) in [7, 11) is -3.25. The molecule has 20 heavy (non-hydrogen) atoms. The fourth-order valence-corrected chi connectivity index (χ4v) is 2.91. The highest BCUT2D eigenvalue weighted by Gasteiger charge is 2.17. The van der Waals surface area contributed by atoms with Crippen LogP contribution >= 0.6 is 0 Å².